The van der Waals surface area contributed by atoms with Crippen molar-refractivity contribution in [2.75, 3.05) is 29.9 Å². The largest absolute Gasteiger partial charge is 0.357 e. The second kappa shape index (κ2) is 11.2. The van der Waals surface area contributed by atoms with Gasteiger partial charge in [0.2, 0.25) is 5.91 Å². The van der Waals surface area contributed by atoms with Crippen LogP contribution in [0.1, 0.15) is 25.3 Å². The molecule has 0 aromatic heterocycles. The smallest absolute Gasteiger partial charge is 0.226 e. The summed E-state index contributed by atoms with van der Waals surface area (Å²) < 4.78 is 24.0. The van der Waals surface area contributed by atoms with Crippen LogP contribution in [0.4, 0.5) is 5.69 Å². The molecule has 1 amide bonds. The van der Waals surface area contributed by atoms with E-state index in [1.54, 1.807) is 0 Å². The number of carbonyl (C=O) groups is 1. The molecule has 1 saturated heterocycles. The lowest BCUT2D eigenvalue weighted by molar-refractivity contribution is -0.116. The molecule has 1 aliphatic rings. The Morgan fingerprint density at radius 3 is 2.74 bits per heavy atom. The predicted molar refractivity (Wildman–Crippen MR) is 124 cm³/mol. The maximum Gasteiger partial charge on any atom is 0.226 e. The van der Waals surface area contributed by atoms with Crippen LogP contribution in [0.2, 0.25) is 0 Å². The Hall–Kier alpha value is -0.880. The minimum absolute atomic E-state index is 0. The van der Waals surface area contributed by atoms with Crippen LogP contribution in [-0.4, -0.2) is 50.9 Å². The fraction of sp³-hybridized carbons (Fsp3) is 0.529. The highest BCUT2D eigenvalue weighted by molar-refractivity contribution is 14.0. The Labute approximate surface area is 186 Å². The third-order valence-corrected chi connectivity index (χ3v) is 6.26. The van der Waals surface area contributed by atoms with Gasteiger partial charge in [0.15, 0.2) is 15.8 Å². The van der Waals surface area contributed by atoms with E-state index in [1.807, 2.05) is 32.0 Å². The third-order valence-electron chi connectivity index (χ3n) is 4.00. The van der Waals surface area contributed by atoms with E-state index >= 15 is 0 Å². The maximum absolute atomic E-state index is 12.1. The van der Waals surface area contributed by atoms with Gasteiger partial charge in [-0.15, -0.1) is 24.0 Å². The minimum Gasteiger partial charge on any atom is -0.357 e. The summed E-state index contributed by atoms with van der Waals surface area (Å²) in [4.78, 5) is 16.5. The average Bonchev–Trinajstić information content (AvgIpc) is 2.90. The molecular weight excluding hydrogens is 547 g/mol. The molecule has 0 radical (unpaired) electrons. The monoisotopic (exact) mass is 572 g/mol. The summed E-state index contributed by atoms with van der Waals surface area (Å²) in [6.45, 7) is 4.84. The van der Waals surface area contributed by atoms with Crippen LogP contribution in [0.3, 0.4) is 0 Å². The molecule has 2 rings (SSSR count). The molecule has 1 unspecified atom stereocenters. The van der Waals surface area contributed by atoms with Gasteiger partial charge >= 0.3 is 0 Å². The molecule has 0 bridgehead atoms. The first kappa shape index (κ1) is 24.2. The van der Waals surface area contributed by atoms with Crippen molar-refractivity contribution in [1.82, 2.24) is 10.6 Å². The van der Waals surface area contributed by atoms with Gasteiger partial charge in [-0.05, 0) is 38.0 Å². The Morgan fingerprint density at radius 1 is 1.37 bits per heavy atom. The third kappa shape index (κ3) is 8.34. The van der Waals surface area contributed by atoms with Crippen molar-refractivity contribution in [3.05, 3.63) is 28.2 Å². The fourth-order valence-electron chi connectivity index (χ4n) is 2.63. The van der Waals surface area contributed by atoms with Crippen molar-refractivity contribution < 1.29 is 13.2 Å². The summed E-state index contributed by atoms with van der Waals surface area (Å²) in [5.74, 6) is 0.758. The number of sulfone groups is 1. The van der Waals surface area contributed by atoms with Gasteiger partial charge in [-0.1, -0.05) is 22.0 Å². The van der Waals surface area contributed by atoms with E-state index in [-0.39, 0.29) is 53.9 Å². The molecule has 0 saturated carbocycles. The Morgan fingerprint density at radius 2 is 2.11 bits per heavy atom. The number of nitrogens with zero attached hydrogens (tertiary/aromatic N) is 1. The van der Waals surface area contributed by atoms with Crippen molar-refractivity contribution in [3.63, 3.8) is 0 Å². The van der Waals surface area contributed by atoms with E-state index in [2.05, 4.69) is 36.9 Å². The second-order valence-electron chi connectivity index (χ2n) is 6.26. The zero-order chi connectivity index (χ0) is 19.2. The lowest BCUT2D eigenvalue weighted by Crippen LogP contribution is -2.44. The lowest BCUT2D eigenvalue weighted by atomic mass is 10.2. The molecule has 0 aliphatic carbocycles. The zero-order valence-electron chi connectivity index (χ0n) is 15.4. The van der Waals surface area contributed by atoms with E-state index in [4.69, 9.17) is 0 Å². The lowest BCUT2D eigenvalue weighted by Gasteiger charge is -2.15. The molecule has 1 atom stereocenters. The van der Waals surface area contributed by atoms with Crippen molar-refractivity contribution in [2.24, 2.45) is 4.99 Å². The summed E-state index contributed by atoms with van der Waals surface area (Å²) in [7, 11) is -2.95. The summed E-state index contributed by atoms with van der Waals surface area (Å²) in [6, 6.07) is 5.59. The second-order valence-corrected chi connectivity index (χ2v) is 9.41. The van der Waals surface area contributed by atoms with Gasteiger partial charge in [-0.2, -0.15) is 0 Å². The number of aliphatic imine (C=N–C) groups is 1. The molecule has 1 aliphatic heterocycles. The summed E-state index contributed by atoms with van der Waals surface area (Å²) in [6.07, 6.45) is 0.820. The molecule has 3 N–H and O–H groups in total. The average molecular weight is 573 g/mol. The van der Waals surface area contributed by atoms with E-state index in [0.29, 0.717) is 25.5 Å². The zero-order valence-corrected chi connectivity index (χ0v) is 20.2. The van der Waals surface area contributed by atoms with E-state index < -0.39 is 9.84 Å². The van der Waals surface area contributed by atoms with Crippen LogP contribution in [0.15, 0.2) is 27.7 Å². The SMILES string of the molecule is CCNC(=NCCC(=O)Nc1cc(Br)ccc1C)NC1CCS(=O)(=O)C1.I. The van der Waals surface area contributed by atoms with Gasteiger partial charge in [-0.3, -0.25) is 9.79 Å². The maximum atomic E-state index is 12.1. The van der Waals surface area contributed by atoms with E-state index in [1.165, 1.54) is 0 Å². The number of hydrogen-bond acceptors (Lipinski definition) is 4. The van der Waals surface area contributed by atoms with Gasteiger partial charge in [0.1, 0.15) is 0 Å². The first-order valence-electron chi connectivity index (χ1n) is 8.60. The number of carbonyl (C=O) groups excluding carboxylic acids is 1. The van der Waals surface area contributed by atoms with Gasteiger partial charge in [0, 0.05) is 29.2 Å². The molecular formula is C17H26BrIN4O3S. The minimum atomic E-state index is -2.95. The molecule has 152 valence electrons. The molecule has 0 spiro atoms. The first-order chi connectivity index (χ1) is 12.3. The summed E-state index contributed by atoms with van der Waals surface area (Å²) in [5, 5.41) is 9.10. The Balaban J connectivity index is 0.00000364. The number of aryl methyl sites for hydroxylation is 1. The normalized spacial score (nSPS) is 18.5. The standard InChI is InChI=1S/C17H25BrN4O3S.HI/c1-3-19-17(21-14-7-9-26(24,25)11-14)20-8-6-16(23)22-15-10-13(18)5-4-12(15)2;/h4-5,10,14H,3,6-9,11H2,1-2H3,(H,22,23)(H2,19,20,21);1H. The molecule has 27 heavy (non-hydrogen) atoms. The van der Waals surface area contributed by atoms with Crippen LogP contribution < -0.4 is 16.0 Å². The van der Waals surface area contributed by atoms with E-state index in [0.717, 1.165) is 15.7 Å². The molecule has 1 fully saturated rings. The number of amides is 1. The van der Waals surface area contributed by atoms with Crippen molar-refractivity contribution in [2.45, 2.75) is 32.7 Å². The van der Waals surface area contributed by atoms with Crippen molar-refractivity contribution in [3.8, 4) is 0 Å². The number of rotatable bonds is 6. The van der Waals surface area contributed by atoms with Gasteiger partial charge in [-0.25, -0.2) is 8.42 Å². The highest BCUT2D eigenvalue weighted by atomic mass is 127. The van der Waals surface area contributed by atoms with Gasteiger partial charge in [0.25, 0.3) is 0 Å². The van der Waals surface area contributed by atoms with Crippen molar-refractivity contribution in [1.29, 1.82) is 0 Å². The number of nitrogens with one attached hydrogen (secondary N) is 3. The number of hydrogen-bond donors (Lipinski definition) is 3. The van der Waals surface area contributed by atoms with Crippen LogP contribution >= 0.6 is 39.9 Å². The molecule has 1 aromatic carbocycles. The summed E-state index contributed by atoms with van der Waals surface area (Å²) in [5.41, 5.74) is 1.76. The number of benzene rings is 1. The highest BCUT2D eigenvalue weighted by Crippen LogP contribution is 2.20. The topological polar surface area (TPSA) is 99.7 Å². The fourth-order valence-corrected chi connectivity index (χ4v) is 4.67. The Kier molecular flexibility index (Phi) is 10.0. The number of guanidine groups is 1. The highest BCUT2D eigenvalue weighted by Gasteiger charge is 2.28. The molecule has 10 heteroatoms. The molecule has 1 heterocycles. The first-order valence-corrected chi connectivity index (χ1v) is 11.2. The van der Waals surface area contributed by atoms with Crippen LogP contribution in [0, 0.1) is 6.92 Å². The number of anilines is 1. The van der Waals surface area contributed by atoms with E-state index in [9.17, 15) is 13.2 Å². The quantitative estimate of drug-likeness (QED) is 0.276. The van der Waals surface area contributed by atoms with Crippen molar-refractivity contribution >= 4 is 67.3 Å². The van der Waals surface area contributed by atoms with Crippen LogP contribution in [-0.2, 0) is 14.6 Å². The van der Waals surface area contributed by atoms with Gasteiger partial charge < -0.3 is 16.0 Å². The van der Waals surface area contributed by atoms with Crippen LogP contribution in [0.5, 0.6) is 0 Å². The van der Waals surface area contributed by atoms with Gasteiger partial charge in [0.05, 0.1) is 18.1 Å². The predicted octanol–water partition coefficient (Wildman–Crippen LogP) is 2.45. The Bertz CT molecular complexity index is 786. The molecule has 7 nitrogen and oxygen atoms in total. The summed E-state index contributed by atoms with van der Waals surface area (Å²) >= 11 is 3.39. The molecule has 1 aromatic rings. The van der Waals surface area contributed by atoms with Crippen LogP contribution in [0.25, 0.3) is 0 Å². The number of halogens is 2.